The number of carboxylic acids is 6. The fourth-order valence-electron chi connectivity index (χ4n) is 7.87. The number of hydrogen-bond donors (Lipinski definition) is 0. The predicted octanol–water partition coefficient (Wildman–Crippen LogP) is 6.79. The second-order valence-electron chi connectivity index (χ2n) is 20.8. The predicted molar refractivity (Wildman–Crippen MR) is 363 cm³/mol. The van der Waals surface area contributed by atoms with Crippen LogP contribution in [0.4, 0.5) is 0 Å². The Morgan fingerprint density at radius 2 is 0.363 bits per heavy atom. The van der Waals surface area contributed by atoms with Crippen molar-refractivity contribution >= 4 is 79.4 Å². The van der Waals surface area contributed by atoms with Gasteiger partial charge in [-0.3, -0.25) is 19.9 Å². The molecule has 102 heavy (non-hydrogen) atoms. The van der Waals surface area contributed by atoms with Gasteiger partial charge in [-0.1, -0.05) is 158 Å². The minimum absolute atomic E-state index is 0. The van der Waals surface area contributed by atoms with Crippen molar-refractivity contribution in [1.29, 1.82) is 0 Å². The number of rotatable bonds is 18. The van der Waals surface area contributed by atoms with E-state index in [4.69, 9.17) is 28.4 Å². The van der Waals surface area contributed by atoms with Gasteiger partial charge in [0.25, 0.3) is 0 Å². The van der Waals surface area contributed by atoms with E-state index in [9.17, 15) is 59.4 Å². The molecule has 4 heterocycles. The van der Waals surface area contributed by atoms with Crippen molar-refractivity contribution in [2.24, 2.45) is 0 Å². The van der Waals surface area contributed by atoms with Crippen molar-refractivity contribution in [2.75, 3.05) is 0 Å². The summed E-state index contributed by atoms with van der Waals surface area (Å²) in [6.07, 6.45) is 1.75. The van der Waals surface area contributed by atoms with Crippen molar-refractivity contribution < 1.29 is 182 Å². The smallest absolute Gasteiger partial charge is 0.546 e. The van der Waals surface area contributed by atoms with E-state index in [1.807, 2.05) is 60.7 Å². The molecule has 0 fully saturated rings. The number of nitrogens with zero attached hydrogens (tertiary/aromatic N) is 4. The van der Waals surface area contributed by atoms with E-state index in [0.717, 1.165) is 43.6 Å². The monoisotopic (exact) mass is 1700 g/mol. The Labute approximate surface area is 666 Å². The van der Waals surface area contributed by atoms with E-state index in [1.165, 1.54) is 41.5 Å². The molecule has 0 aliphatic rings. The number of aliphatic carboxylic acids is 6. The number of carboxylic acid groups (broad SMARTS) is 6. The molecule has 0 amide bonds. The number of carbonyl (C=O) groups excluding carboxylic acids is 6. The molecule has 12 rings (SSSR count). The summed E-state index contributed by atoms with van der Waals surface area (Å²) in [6.45, 7) is 8.60. The molecule has 0 saturated heterocycles. The SMILES string of the molecule is C[C@@H](Oc1ccccc1)C(=O)[O-].C[C@@H](Oc1ccccc1)C(=O)[O-].C[C@@H](Oc1ccccc1)C(=O)[O-].C[C@H](Oc1ccccc1)C(=O)[O-].C[C@H](Oc1ccccc1)C(=O)[O-].C[C@H](Oc1ccccc1)C(=O)[O-].[Yb+3].[Yb+3].c1cnc2c(c1)ccc1cccnc12.c1cnc2c(c1)ccc1cccnc12. The molecular formula is C78H70N4O18Yb2. The third-order valence-electron chi connectivity index (χ3n) is 13.0. The minimum atomic E-state index is -1.21. The molecule has 0 saturated carbocycles. The Kier molecular flexibility index (Phi) is 40.6. The third-order valence-corrected chi connectivity index (χ3v) is 13.0. The first-order valence-corrected chi connectivity index (χ1v) is 30.8. The van der Waals surface area contributed by atoms with Crippen LogP contribution in [0.2, 0.25) is 0 Å². The van der Waals surface area contributed by atoms with Crippen LogP contribution in [0.3, 0.4) is 0 Å². The zero-order valence-corrected chi connectivity index (χ0v) is 59.1. The first-order valence-electron chi connectivity index (χ1n) is 30.8. The Morgan fingerprint density at radius 1 is 0.225 bits per heavy atom. The molecule has 22 nitrogen and oxygen atoms in total. The van der Waals surface area contributed by atoms with Gasteiger partial charge < -0.3 is 87.8 Å². The van der Waals surface area contributed by atoms with E-state index in [1.54, 1.807) is 170 Å². The summed E-state index contributed by atoms with van der Waals surface area (Å²) in [5.74, 6) is -4.04. The van der Waals surface area contributed by atoms with Crippen molar-refractivity contribution in [3.05, 3.63) is 280 Å². The van der Waals surface area contributed by atoms with E-state index < -0.39 is 72.4 Å². The minimum Gasteiger partial charge on any atom is -0.546 e. The van der Waals surface area contributed by atoms with Gasteiger partial charge in [0.15, 0.2) is 0 Å². The average molecular weight is 1700 g/mol. The first kappa shape index (κ1) is 86.3. The Morgan fingerprint density at radius 3 is 0.490 bits per heavy atom. The topological polar surface area (TPSA) is 348 Å². The van der Waals surface area contributed by atoms with Gasteiger partial charge in [-0.2, -0.15) is 0 Å². The number of para-hydroxylation sites is 6. The standard InChI is InChI=1S/2C12H8N2.6C9H10O3.2Yb/c2*1-3-9-5-6-10-4-2-8-14-12(10)11(9)13-7-1;6*1-7(9(10)11)12-8-5-3-2-4-6-8;;/h2*1-8H;6*2-7H,1H3,(H,10,11);;/q;;;;;;;;2*+3/p-6/t;;6*7-;;/m..111000../s1. The second kappa shape index (κ2) is 48.0. The molecule has 0 aliphatic heterocycles. The number of benzene rings is 8. The average Bonchev–Trinajstić information content (AvgIpc) is 0.805. The maximum absolute atomic E-state index is 10.3. The summed E-state index contributed by atoms with van der Waals surface area (Å²) in [6, 6.07) is 76.9. The fourth-order valence-corrected chi connectivity index (χ4v) is 7.87. The van der Waals surface area contributed by atoms with E-state index in [0.29, 0.717) is 34.5 Å². The summed E-state index contributed by atoms with van der Waals surface area (Å²) in [5, 5.41) is 66.2. The van der Waals surface area contributed by atoms with Crippen LogP contribution < -0.4 is 59.1 Å². The molecule has 24 heteroatoms. The number of aromatic nitrogens is 4. The van der Waals surface area contributed by atoms with Crippen LogP contribution in [-0.2, 0) is 28.8 Å². The summed E-state index contributed by atoms with van der Waals surface area (Å²) >= 11 is 0. The van der Waals surface area contributed by atoms with Crippen LogP contribution in [-0.4, -0.2) is 92.4 Å². The van der Waals surface area contributed by atoms with Gasteiger partial charge in [-0.15, -0.1) is 0 Å². The molecule has 12 aromatic rings. The molecule has 4 aromatic heterocycles. The number of fused-ring (bicyclic) bond motifs is 6. The summed E-state index contributed by atoms with van der Waals surface area (Å²) < 4.78 is 30.1. The summed E-state index contributed by atoms with van der Waals surface area (Å²) in [7, 11) is 0. The molecular weight excluding hydrogens is 1630 g/mol. The summed E-state index contributed by atoms with van der Waals surface area (Å²) in [5.41, 5.74) is 3.91. The molecule has 6 atom stereocenters. The molecule has 0 N–H and O–H groups in total. The van der Waals surface area contributed by atoms with Crippen LogP contribution in [0.15, 0.2) is 280 Å². The zero-order chi connectivity index (χ0) is 72.6. The van der Waals surface area contributed by atoms with Gasteiger partial charge in [0.2, 0.25) is 0 Å². The third kappa shape index (κ3) is 32.6. The quantitative estimate of drug-likeness (QED) is 0.0798. The maximum Gasteiger partial charge on any atom is 3.00 e. The van der Waals surface area contributed by atoms with Crippen molar-refractivity contribution in [3.63, 3.8) is 0 Å². The van der Waals surface area contributed by atoms with Gasteiger partial charge in [0.05, 0.1) is 57.9 Å². The van der Waals surface area contributed by atoms with Gasteiger partial charge >= 0.3 is 93.8 Å². The van der Waals surface area contributed by atoms with Crippen LogP contribution in [0.25, 0.3) is 43.6 Å². The van der Waals surface area contributed by atoms with Crippen LogP contribution in [0, 0.1) is 93.8 Å². The molecule has 8 aromatic carbocycles. The fraction of sp³-hybridized carbons (Fsp3) is 0.154. The van der Waals surface area contributed by atoms with Crippen LogP contribution >= 0.6 is 0 Å². The van der Waals surface area contributed by atoms with Crippen molar-refractivity contribution in [3.8, 4) is 34.5 Å². The Hall–Kier alpha value is -9.94. The second-order valence-corrected chi connectivity index (χ2v) is 20.8. The number of pyridine rings is 4. The first-order chi connectivity index (χ1) is 48.1. The molecule has 0 bridgehead atoms. The van der Waals surface area contributed by atoms with Gasteiger partial charge in [-0.25, -0.2) is 0 Å². The van der Waals surface area contributed by atoms with Crippen molar-refractivity contribution in [1.82, 2.24) is 19.9 Å². The van der Waals surface area contributed by atoms with E-state index >= 15 is 0 Å². The van der Waals surface area contributed by atoms with Crippen molar-refractivity contribution in [2.45, 2.75) is 78.2 Å². The van der Waals surface area contributed by atoms with Gasteiger partial charge in [0.1, 0.15) is 71.1 Å². The molecule has 0 unspecified atom stereocenters. The van der Waals surface area contributed by atoms with Crippen LogP contribution in [0.5, 0.6) is 34.5 Å². The van der Waals surface area contributed by atoms with Gasteiger partial charge in [-0.05, 0) is 139 Å². The van der Waals surface area contributed by atoms with Crippen LogP contribution in [0.1, 0.15) is 41.5 Å². The number of hydrogen-bond acceptors (Lipinski definition) is 22. The largest absolute Gasteiger partial charge is 3.00 e. The van der Waals surface area contributed by atoms with E-state index in [-0.39, 0.29) is 93.8 Å². The Bertz CT molecular complexity index is 3760. The molecule has 0 spiro atoms. The number of carbonyl (C=O) groups is 6. The zero-order valence-electron chi connectivity index (χ0n) is 55.7. The van der Waals surface area contributed by atoms with E-state index in [2.05, 4.69) is 68.5 Å². The molecule has 2 radical (unpaired) electrons. The normalized spacial score (nSPS) is 11.5. The molecule has 0 aliphatic carbocycles. The molecule has 538 valence electrons. The maximum atomic E-state index is 10.3. The number of ether oxygens (including phenoxy) is 6. The van der Waals surface area contributed by atoms with Gasteiger partial charge in [0, 0.05) is 46.3 Å². The Balaban J connectivity index is 0.000000303. The summed E-state index contributed by atoms with van der Waals surface area (Å²) in [4.78, 5) is 79.0.